The molecule has 0 N–H and O–H groups in total. The molecule has 1 nitrogen and oxygen atoms in total. The van der Waals surface area contributed by atoms with Crippen molar-refractivity contribution in [1.82, 2.24) is 0 Å². The van der Waals surface area contributed by atoms with Crippen LogP contribution >= 0.6 is 0 Å². The third kappa shape index (κ3) is 2.37. The van der Waals surface area contributed by atoms with Crippen LogP contribution in [0.2, 0.25) is 13.1 Å². The predicted molar refractivity (Wildman–Crippen MR) is 111 cm³/mol. The van der Waals surface area contributed by atoms with E-state index in [4.69, 9.17) is 4.42 Å². The van der Waals surface area contributed by atoms with Crippen molar-refractivity contribution >= 4 is 52.1 Å². The van der Waals surface area contributed by atoms with E-state index in [0.717, 1.165) is 5.58 Å². The molecule has 0 aliphatic rings. The summed E-state index contributed by atoms with van der Waals surface area (Å²) in [5.74, 6) is 0. The van der Waals surface area contributed by atoms with E-state index in [1.807, 2.05) is 0 Å². The first-order chi connectivity index (χ1) is 12.2. The molecule has 1 aromatic heterocycles. The van der Waals surface area contributed by atoms with Crippen LogP contribution < -0.4 is 0 Å². The van der Waals surface area contributed by atoms with Gasteiger partial charge in [0.05, 0.1) is 6.26 Å². The third-order valence-electron chi connectivity index (χ3n) is 5.11. The second-order valence-electron chi connectivity index (χ2n) is 7.41. The standard InChI is InChI=1S/C23H20OSi/c1-25(2)14-15-3-4-16-13-22-17(12-18(16)11-15)5-6-19-20(22)7-8-23-21(19)9-10-24-23/h3-13,25H,14H2,1-2H3. The number of hydrogen-bond acceptors (Lipinski definition) is 1. The van der Waals surface area contributed by atoms with E-state index < -0.39 is 8.80 Å². The van der Waals surface area contributed by atoms with Crippen molar-refractivity contribution in [2.45, 2.75) is 19.1 Å². The molecule has 0 spiro atoms. The Morgan fingerprint density at radius 1 is 0.680 bits per heavy atom. The maximum atomic E-state index is 5.56. The summed E-state index contributed by atoms with van der Waals surface area (Å²) in [5, 5.41) is 9.05. The van der Waals surface area contributed by atoms with Crippen LogP contribution in [0, 0.1) is 0 Å². The van der Waals surface area contributed by atoms with Gasteiger partial charge in [-0.25, -0.2) is 0 Å². The molecule has 2 heteroatoms. The summed E-state index contributed by atoms with van der Waals surface area (Å²) in [5.41, 5.74) is 2.43. The molecule has 0 saturated carbocycles. The zero-order chi connectivity index (χ0) is 17.0. The normalized spacial score (nSPS) is 12.1. The SMILES string of the molecule is C[SiH](C)Cc1ccc2cc3c(ccc4c5ccoc5ccc34)cc2c1. The first-order valence-electron chi connectivity index (χ1n) is 8.94. The molecule has 0 unspecified atom stereocenters. The highest BCUT2D eigenvalue weighted by atomic mass is 28.3. The fraction of sp³-hybridized carbons (Fsp3) is 0.130. The highest BCUT2D eigenvalue weighted by molar-refractivity contribution is 6.55. The van der Waals surface area contributed by atoms with Gasteiger partial charge in [0, 0.05) is 14.2 Å². The largest absolute Gasteiger partial charge is 0.464 e. The average Bonchev–Trinajstić information content (AvgIpc) is 3.08. The molecule has 0 aliphatic carbocycles. The molecule has 1 heterocycles. The second kappa shape index (κ2) is 5.47. The van der Waals surface area contributed by atoms with E-state index in [-0.39, 0.29) is 0 Å². The highest BCUT2D eigenvalue weighted by Gasteiger charge is 2.08. The third-order valence-corrected chi connectivity index (χ3v) is 6.40. The zero-order valence-corrected chi connectivity index (χ0v) is 15.7. The Hall–Kier alpha value is -2.58. The van der Waals surface area contributed by atoms with Crippen LogP contribution in [0.15, 0.2) is 71.3 Å². The minimum Gasteiger partial charge on any atom is -0.464 e. The van der Waals surface area contributed by atoms with E-state index in [9.17, 15) is 0 Å². The molecular weight excluding hydrogens is 320 g/mol. The lowest BCUT2D eigenvalue weighted by atomic mass is 9.96. The number of rotatable bonds is 2. The maximum Gasteiger partial charge on any atom is 0.134 e. The molecular formula is C23H20OSi. The molecule has 5 aromatic rings. The van der Waals surface area contributed by atoms with Gasteiger partial charge in [0.1, 0.15) is 5.58 Å². The number of benzene rings is 4. The van der Waals surface area contributed by atoms with Gasteiger partial charge in [-0.2, -0.15) is 0 Å². The quantitative estimate of drug-likeness (QED) is 0.204. The van der Waals surface area contributed by atoms with E-state index >= 15 is 0 Å². The number of hydrogen-bond donors (Lipinski definition) is 0. The van der Waals surface area contributed by atoms with Gasteiger partial charge in [0.15, 0.2) is 0 Å². The fourth-order valence-corrected chi connectivity index (χ4v) is 5.19. The lowest BCUT2D eigenvalue weighted by Gasteiger charge is -2.09. The van der Waals surface area contributed by atoms with Crippen LogP contribution in [-0.2, 0) is 6.04 Å². The smallest absolute Gasteiger partial charge is 0.134 e. The fourth-order valence-electron chi connectivity index (χ4n) is 3.99. The predicted octanol–water partition coefficient (Wildman–Crippen LogP) is 6.46. The monoisotopic (exact) mass is 340 g/mol. The van der Waals surface area contributed by atoms with Crippen LogP contribution in [-0.4, -0.2) is 8.80 Å². The Morgan fingerprint density at radius 3 is 2.36 bits per heavy atom. The van der Waals surface area contributed by atoms with Crippen molar-refractivity contribution in [1.29, 1.82) is 0 Å². The van der Waals surface area contributed by atoms with Crippen molar-refractivity contribution in [3.63, 3.8) is 0 Å². The van der Waals surface area contributed by atoms with Gasteiger partial charge < -0.3 is 4.42 Å². The van der Waals surface area contributed by atoms with E-state index in [2.05, 4.69) is 73.8 Å². The van der Waals surface area contributed by atoms with E-state index in [1.54, 1.807) is 6.26 Å². The summed E-state index contributed by atoms with van der Waals surface area (Å²) in [6.45, 7) is 4.82. The van der Waals surface area contributed by atoms with Crippen molar-refractivity contribution in [3.8, 4) is 0 Å². The molecule has 0 fully saturated rings. The van der Waals surface area contributed by atoms with E-state index in [1.165, 1.54) is 49.3 Å². The molecule has 25 heavy (non-hydrogen) atoms. The maximum absolute atomic E-state index is 5.56. The first kappa shape index (κ1) is 14.7. The van der Waals surface area contributed by atoms with Gasteiger partial charge in [-0.1, -0.05) is 55.1 Å². The van der Waals surface area contributed by atoms with Gasteiger partial charge in [0.25, 0.3) is 0 Å². The minimum absolute atomic E-state index is 0.587. The Labute approximate surface area is 148 Å². The molecule has 4 aromatic carbocycles. The second-order valence-corrected chi connectivity index (χ2v) is 10.6. The topological polar surface area (TPSA) is 13.1 Å². The van der Waals surface area contributed by atoms with Crippen LogP contribution in [0.5, 0.6) is 0 Å². The Bertz CT molecular complexity index is 1250. The van der Waals surface area contributed by atoms with Gasteiger partial charge >= 0.3 is 0 Å². The van der Waals surface area contributed by atoms with E-state index in [0.29, 0.717) is 0 Å². The molecule has 0 amide bonds. The number of fused-ring (bicyclic) bond motifs is 6. The molecule has 0 saturated heterocycles. The highest BCUT2D eigenvalue weighted by Crippen LogP contribution is 2.34. The zero-order valence-electron chi connectivity index (χ0n) is 14.5. The lowest BCUT2D eigenvalue weighted by molar-refractivity contribution is 0.616. The van der Waals surface area contributed by atoms with Crippen molar-refractivity contribution in [2.75, 3.05) is 0 Å². The summed E-state index contributed by atoms with van der Waals surface area (Å²) in [4.78, 5) is 0. The minimum atomic E-state index is -0.587. The first-order valence-corrected chi connectivity index (χ1v) is 12.1. The Balaban J connectivity index is 1.81. The molecule has 0 atom stereocenters. The van der Waals surface area contributed by atoms with Gasteiger partial charge in [-0.3, -0.25) is 0 Å². The molecule has 122 valence electrons. The summed E-state index contributed by atoms with van der Waals surface area (Å²) in [6.07, 6.45) is 1.77. The summed E-state index contributed by atoms with van der Waals surface area (Å²) in [6, 6.07) is 23.7. The van der Waals surface area contributed by atoms with Crippen LogP contribution in [0.25, 0.3) is 43.3 Å². The Kier molecular flexibility index (Phi) is 3.22. The Morgan fingerprint density at radius 2 is 1.48 bits per heavy atom. The van der Waals surface area contributed by atoms with Gasteiger partial charge in [0.2, 0.25) is 0 Å². The molecule has 0 radical (unpaired) electrons. The summed E-state index contributed by atoms with van der Waals surface area (Å²) < 4.78 is 5.56. The van der Waals surface area contributed by atoms with Gasteiger partial charge in [-0.05, 0) is 62.6 Å². The van der Waals surface area contributed by atoms with Crippen molar-refractivity contribution < 1.29 is 4.42 Å². The average molecular weight is 340 g/mol. The lowest BCUT2D eigenvalue weighted by Crippen LogP contribution is -2.04. The van der Waals surface area contributed by atoms with Gasteiger partial charge in [-0.15, -0.1) is 0 Å². The van der Waals surface area contributed by atoms with Crippen LogP contribution in [0.1, 0.15) is 5.56 Å². The molecule has 0 aliphatic heterocycles. The number of furan rings is 1. The van der Waals surface area contributed by atoms with Crippen LogP contribution in [0.4, 0.5) is 0 Å². The molecule has 0 bridgehead atoms. The van der Waals surface area contributed by atoms with Crippen LogP contribution in [0.3, 0.4) is 0 Å². The molecule has 5 rings (SSSR count). The van der Waals surface area contributed by atoms with Crippen molar-refractivity contribution in [3.05, 3.63) is 72.5 Å². The summed E-state index contributed by atoms with van der Waals surface area (Å²) >= 11 is 0. The van der Waals surface area contributed by atoms with Crippen molar-refractivity contribution in [2.24, 2.45) is 0 Å². The summed E-state index contributed by atoms with van der Waals surface area (Å²) in [7, 11) is -0.587.